The van der Waals surface area contributed by atoms with E-state index in [9.17, 15) is 24.3 Å². The van der Waals surface area contributed by atoms with Gasteiger partial charge in [-0.1, -0.05) is 24.3 Å². The highest BCUT2D eigenvalue weighted by Gasteiger charge is 2.20. The number of carboxylic acids is 1. The number of pyridine rings is 1. The Morgan fingerprint density at radius 1 is 1.07 bits per heavy atom. The number of Topliss-reactive ketones (excluding diaryl/α,β-unsaturated/α-hetero) is 1. The van der Waals surface area contributed by atoms with Gasteiger partial charge in [0.15, 0.2) is 5.78 Å². The molecule has 0 atom stereocenters. The summed E-state index contributed by atoms with van der Waals surface area (Å²) in [6.07, 6.45) is 1.40. The van der Waals surface area contributed by atoms with E-state index in [1.165, 1.54) is 19.2 Å². The van der Waals surface area contributed by atoms with E-state index in [2.05, 4.69) is 0 Å². The lowest BCUT2D eigenvalue weighted by atomic mass is 10.0. The third kappa shape index (κ3) is 5.13. The number of carboxylic acid groups (broad SMARTS) is 1. The highest BCUT2D eigenvalue weighted by atomic mass is 16.6. The highest BCUT2D eigenvalue weighted by Crippen LogP contribution is 2.20. The number of benzene rings is 1. The first-order valence-corrected chi connectivity index (χ1v) is 8.29. The Hall–Kier alpha value is -3.22. The monoisotopic (exact) mass is 371 g/mol. The van der Waals surface area contributed by atoms with E-state index in [-0.39, 0.29) is 5.78 Å². The number of nitrogens with zero attached hydrogens (tertiary/aromatic N) is 1. The molecule has 0 saturated heterocycles. The van der Waals surface area contributed by atoms with Crippen molar-refractivity contribution >= 4 is 17.7 Å². The van der Waals surface area contributed by atoms with E-state index in [1.54, 1.807) is 45.0 Å². The van der Waals surface area contributed by atoms with Crippen LogP contribution < -0.4 is 5.56 Å². The quantitative estimate of drug-likeness (QED) is 0.640. The van der Waals surface area contributed by atoms with E-state index in [0.717, 1.165) is 4.57 Å². The number of carbonyl (C=O) groups is 3. The minimum Gasteiger partial charge on any atom is -0.477 e. The van der Waals surface area contributed by atoms with E-state index in [4.69, 9.17) is 4.74 Å². The summed E-state index contributed by atoms with van der Waals surface area (Å²) < 4.78 is 6.22. The molecule has 7 heteroatoms. The first-order valence-electron chi connectivity index (χ1n) is 8.29. The zero-order valence-corrected chi connectivity index (χ0v) is 15.6. The second kappa shape index (κ2) is 7.57. The number of rotatable bonds is 5. The minimum atomic E-state index is -1.39. The van der Waals surface area contributed by atoms with Crippen LogP contribution >= 0.6 is 0 Å². The zero-order valence-electron chi connectivity index (χ0n) is 15.6. The summed E-state index contributed by atoms with van der Waals surface area (Å²) >= 11 is 0. The summed E-state index contributed by atoms with van der Waals surface area (Å²) in [6, 6.07) is 7.78. The molecule has 0 unspecified atom stereocenters. The standard InChI is InChI=1S/C20H21NO6/c1-12(22)13-5-7-14(8-6-13)15-9-16(19(25)26)18(24)21(10-15)11-17(23)27-20(2,3)4/h5-10H,11H2,1-4H3,(H,25,26). The smallest absolute Gasteiger partial charge is 0.341 e. The average molecular weight is 371 g/mol. The molecule has 0 aliphatic carbocycles. The lowest BCUT2D eigenvalue weighted by Gasteiger charge is -2.20. The lowest BCUT2D eigenvalue weighted by molar-refractivity contribution is -0.155. The Labute approximate surface area is 156 Å². The van der Waals surface area contributed by atoms with Gasteiger partial charge in [-0.25, -0.2) is 4.79 Å². The fourth-order valence-corrected chi connectivity index (χ4v) is 2.47. The van der Waals surface area contributed by atoms with Crippen LogP contribution in [0.25, 0.3) is 11.1 Å². The molecule has 0 aliphatic rings. The largest absolute Gasteiger partial charge is 0.477 e. The maximum Gasteiger partial charge on any atom is 0.341 e. The molecule has 142 valence electrons. The third-order valence-electron chi connectivity index (χ3n) is 3.66. The first-order chi connectivity index (χ1) is 12.5. The highest BCUT2D eigenvalue weighted by molar-refractivity contribution is 5.94. The molecule has 0 fully saturated rings. The van der Waals surface area contributed by atoms with Gasteiger partial charge < -0.3 is 14.4 Å². The Morgan fingerprint density at radius 2 is 1.67 bits per heavy atom. The van der Waals surface area contributed by atoms with Crippen LogP contribution in [0.3, 0.4) is 0 Å². The van der Waals surface area contributed by atoms with Crippen molar-refractivity contribution in [1.82, 2.24) is 4.57 Å². The molecule has 0 spiro atoms. The third-order valence-corrected chi connectivity index (χ3v) is 3.66. The van der Waals surface area contributed by atoms with Gasteiger partial charge in [0.05, 0.1) is 0 Å². The van der Waals surface area contributed by atoms with Gasteiger partial charge in [0.1, 0.15) is 17.7 Å². The molecule has 2 aromatic rings. The number of aromatic nitrogens is 1. The van der Waals surface area contributed by atoms with E-state index < -0.39 is 35.2 Å². The Bertz CT molecular complexity index is 948. The summed E-state index contributed by atoms with van der Waals surface area (Å²) in [6.45, 7) is 6.13. The molecule has 0 saturated carbocycles. The van der Waals surface area contributed by atoms with Gasteiger partial charge in [-0.2, -0.15) is 0 Å². The van der Waals surface area contributed by atoms with Gasteiger partial charge in [0, 0.05) is 11.8 Å². The molecule has 0 radical (unpaired) electrons. The lowest BCUT2D eigenvalue weighted by Crippen LogP contribution is -2.32. The van der Waals surface area contributed by atoms with Gasteiger partial charge in [-0.05, 0) is 44.9 Å². The maximum atomic E-state index is 12.4. The molecule has 1 N–H and O–H groups in total. The number of hydrogen-bond acceptors (Lipinski definition) is 5. The van der Waals surface area contributed by atoms with Crippen molar-refractivity contribution in [2.24, 2.45) is 0 Å². The minimum absolute atomic E-state index is 0.0947. The van der Waals surface area contributed by atoms with Crippen molar-refractivity contribution in [2.75, 3.05) is 0 Å². The number of aromatic carboxylic acids is 1. The van der Waals surface area contributed by atoms with Crippen LogP contribution in [0.4, 0.5) is 0 Å². The average Bonchev–Trinajstić information content (AvgIpc) is 2.54. The molecule has 0 amide bonds. The van der Waals surface area contributed by atoms with Crippen LogP contribution in [0.2, 0.25) is 0 Å². The number of ether oxygens (including phenoxy) is 1. The number of ketones is 1. The van der Waals surface area contributed by atoms with Gasteiger partial charge >= 0.3 is 11.9 Å². The van der Waals surface area contributed by atoms with Crippen molar-refractivity contribution in [3.8, 4) is 11.1 Å². The molecule has 2 rings (SSSR count). The normalized spacial score (nSPS) is 11.1. The predicted octanol–water partition coefficient (Wildman–Crippen LogP) is 2.76. The summed E-state index contributed by atoms with van der Waals surface area (Å²) in [4.78, 5) is 47.3. The molecule has 1 heterocycles. The molecule has 0 aliphatic heterocycles. The van der Waals surface area contributed by atoms with Crippen molar-refractivity contribution < 1.29 is 24.2 Å². The van der Waals surface area contributed by atoms with E-state index >= 15 is 0 Å². The van der Waals surface area contributed by atoms with Gasteiger partial charge in [-0.3, -0.25) is 14.4 Å². The first kappa shape index (κ1) is 20.1. The van der Waals surface area contributed by atoms with Gasteiger partial charge in [0.2, 0.25) is 0 Å². The van der Waals surface area contributed by atoms with Crippen LogP contribution in [-0.2, 0) is 16.1 Å². The van der Waals surface area contributed by atoms with Gasteiger partial charge in [-0.15, -0.1) is 0 Å². The van der Waals surface area contributed by atoms with E-state index in [0.29, 0.717) is 16.7 Å². The maximum absolute atomic E-state index is 12.4. The Morgan fingerprint density at radius 3 is 2.15 bits per heavy atom. The molecular formula is C20H21NO6. The summed E-state index contributed by atoms with van der Waals surface area (Å²) in [5.41, 5.74) is -0.411. The topological polar surface area (TPSA) is 103 Å². The molecular weight excluding hydrogens is 350 g/mol. The van der Waals surface area contributed by atoms with Crippen molar-refractivity contribution in [3.63, 3.8) is 0 Å². The van der Waals surface area contributed by atoms with Crippen LogP contribution in [-0.4, -0.2) is 33.0 Å². The fraction of sp³-hybridized carbons (Fsp3) is 0.300. The molecule has 1 aromatic heterocycles. The molecule has 27 heavy (non-hydrogen) atoms. The fourth-order valence-electron chi connectivity index (χ4n) is 2.47. The van der Waals surface area contributed by atoms with E-state index in [1.807, 2.05) is 0 Å². The van der Waals surface area contributed by atoms with Crippen LogP contribution in [0.15, 0.2) is 41.3 Å². The van der Waals surface area contributed by atoms with Crippen molar-refractivity contribution in [2.45, 2.75) is 39.8 Å². The summed E-state index contributed by atoms with van der Waals surface area (Å²) in [7, 11) is 0. The SMILES string of the molecule is CC(=O)c1ccc(-c2cc(C(=O)O)c(=O)n(CC(=O)OC(C)(C)C)c2)cc1. The summed E-state index contributed by atoms with van der Waals surface area (Å²) in [5.74, 6) is -2.13. The summed E-state index contributed by atoms with van der Waals surface area (Å²) in [5, 5.41) is 9.32. The van der Waals surface area contributed by atoms with Crippen LogP contribution in [0.5, 0.6) is 0 Å². The second-order valence-electron chi connectivity index (χ2n) is 7.10. The van der Waals surface area contributed by atoms with Crippen LogP contribution in [0, 0.1) is 0 Å². The molecule has 1 aromatic carbocycles. The van der Waals surface area contributed by atoms with Crippen molar-refractivity contribution in [1.29, 1.82) is 0 Å². The Kier molecular flexibility index (Phi) is 5.64. The number of hydrogen-bond donors (Lipinski definition) is 1. The predicted molar refractivity (Wildman–Crippen MR) is 98.9 cm³/mol. The zero-order chi connectivity index (χ0) is 20.4. The molecule has 7 nitrogen and oxygen atoms in total. The molecule has 0 bridgehead atoms. The van der Waals surface area contributed by atoms with Crippen molar-refractivity contribution in [3.05, 3.63) is 58.0 Å². The second-order valence-corrected chi connectivity index (χ2v) is 7.10. The number of esters is 1. The number of carbonyl (C=O) groups excluding carboxylic acids is 2. The van der Waals surface area contributed by atoms with Crippen LogP contribution in [0.1, 0.15) is 48.4 Å². The Balaban J connectivity index is 2.48. The van der Waals surface area contributed by atoms with Gasteiger partial charge in [0.25, 0.3) is 5.56 Å².